The lowest BCUT2D eigenvalue weighted by molar-refractivity contribution is 0.687. The van der Waals surface area contributed by atoms with Crippen molar-refractivity contribution < 1.29 is 0 Å². The van der Waals surface area contributed by atoms with Crippen LogP contribution in [-0.4, -0.2) is 16.0 Å². The van der Waals surface area contributed by atoms with Crippen LogP contribution < -0.4 is 5.32 Å². The highest BCUT2D eigenvalue weighted by Gasteiger charge is 2.20. The van der Waals surface area contributed by atoms with Gasteiger partial charge in [0.1, 0.15) is 0 Å². The van der Waals surface area contributed by atoms with Gasteiger partial charge in [-0.3, -0.25) is 0 Å². The van der Waals surface area contributed by atoms with Crippen LogP contribution in [0, 0.1) is 0 Å². The molecule has 1 fully saturated rings. The van der Waals surface area contributed by atoms with Gasteiger partial charge in [-0.1, -0.05) is 17.7 Å². The quantitative estimate of drug-likeness (QED) is 0.855. The smallest absolute Gasteiger partial charge is 0.192 e. The molecular weight excluding hydrogens is 278 g/mol. The number of hydrogen-bond donors (Lipinski definition) is 1. The third-order valence-electron chi connectivity index (χ3n) is 2.93. The van der Waals surface area contributed by atoms with Crippen LogP contribution in [0.4, 0.5) is 0 Å². The molecular formula is C14H14ClN3S. The standard InChI is InChI=1S/C14H14ClN3S/c15-13-8-12(19-14-16-6-1-7-17-14)5-2-10(13)9-18-11-3-4-11/h1-2,5-8,11,18H,3-4,9H2. The van der Waals surface area contributed by atoms with Crippen LogP contribution >= 0.6 is 23.4 Å². The normalized spacial score (nSPS) is 14.6. The molecule has 0 unspecified atom stereocenters. The summed E-state index contributed by atoms with van der Waals surface area (Å²) in [4.78, 5) is 9.44. The van der Waals surface area contributed by atoms with Crippen LogP contribution in [0.3, 0.4) is 0 Å². The van der Waals surface area contributed by atoms with E-state index in [2.05, 4.69) is 27.4 Å². The van der Waals surface area contributed by atoms with Gasteiger partial charge in [-0.05, 0) is 48.4 Å². The van der Waals surface area contributed by atoms with Crippen LogP contribution in [0.2, 0.25) is 5.02 Å². The highest BCUT2D eigenvalue weighted by molar-refractivity contribution is 7.99. The minimum atomic E-state index is 0.697. The second kappa shape index (κ2) is 5.90. The molecule has 0 aliphatic heterocycles. The Balaban J connectivity index is 1.67. The van der Waals surface area contributed by atoms with Gasteiger partial charge in [0.15, 0.2) is 5.16 Å². The molecule has 1 saturated carbocycles. The number of aromatic nitrogens is 2. The van der Waals surface area contributed by atoms with Gasteiger partial charge in [-0.2, -0.15) is 0 Å². The van der Waals surface area contributed by atoms with Crippen molar-refractivity contribution in [3.8, 4) is 0 Å². The molecule has 98 valence electrons. The fourth-order valence-electron chi connectivity index (χ4n) is 1.72. The Hall–Kier alpha value is -1.10. The van der Waals surface area contributed by atoms with Crippen molar-refractivity contribution in [3.63, 3.8) is 0 Å². The summed E-state index contributed by atoms with van der Waals surface area (Å²) >= 11 is 7.83. The summed E-state index contributed by atoms with van der Waals surface area (Å²) in [5.74, 6) is 0. The summed E-state index contributed by atoms with van der Waals surface area (Å²) in [5.41, 5.74) is 1.15. The molecule has 3 rings (SSSR count). The number of nitrogens with one attached hydrogen (secondary N) is 1. The molecule has 0 spiro atoms. The Morgan fingerprint density at radius 1 is 1.26 bits per heavy atom. The fourth-order valence-corrected chi connectivity index (χ4v) is 2.78. The minimum Gasteiger partial charge on any atom is -0.310 e. The van der Waals surface area contributed by atoms with E-state index in [0.29, 0.717) is 6.04 Å². The lowest BCUT2D eigenvalue weighted by Gasteiger charge is -2.07. The molecule has 0 saturated heterocycles. The van der Waals surface area contributed by atoms with E-state index in [-0.39, 0.29) is 0 Å². The Bertz CT molecular complexity index is 558. The van der Waals surface area contributed by atoms with Crippen LogP contribution in [0.25, 0.3) is 0 Å². The van der Waals surface area contributed by atoms with E-state index in [1.807, 2.05) is 12.1 Å². The van der Waals surface area contributed by atoms with Crippen LogP contribution in [0.5, 0.6) is 0 Å². The van der Waals surface area contributed by atoms with E-state index < -0.39 is 0 Å². The number of benzene rings is 1. The monoisotopic (exact) mass is 291 g/mol. The van der Waals surface area contributed by atoms with Crippen molar-refractivity contribution in [1.29, 1.82) is 0 Å². The highest BCUT2D eigenvalue weighted by Crippen LogP contribution is 2.29. The summed E-state index contributed by atoms with van der Waals surface area (Å²) in [7, 11) is 0. The zero-order valence-corrected chi connectivity index (χ0v) is 11.9. The Labute approximate surface area is 121 Å². The average Bonchev–Trinajstić information content (AvgIpc) is 3.23. The predicted molar refractivity (Wildman–Crippen MR) is 77.5 cm³/mol. The first-order valence-electron chi connectivity index (χ1n) is 6.28. The SMILES string of the molecule is Clc1cc(Sc2ncccn2)ccc1CNC1CC1. The van der Waals surface area contributed by atoms with E-state index in [1.54, 1.807) is 12.4 Å². The number of rotatable bonds is 5. The molecule has 1 aromatic heterocycles. The van der Waals surface area contributed by atoms with Crippen LogP contribution in [-0.2, 0) is 6.54 Å². The fraction of sp³-hybridized carbons (Fsp3) is 0.286. The summed E-state index contributed by atoms with van der Waals surface area (Å²) in [6.07, 6.45) is 6.06. The number of nitrogens with zero attached hydrogens (tertiary/aromatic N) is 2. The molecule has 1 aliphatic carbocycles. The van der Waals surface area contributed by atoms with Crippen molar-refractivity contribution in [2.75, 3.05) is 0 Å². The Morgan fingerprint density at radius 2 is 2.05 bits per heavy atom. The molecule has 1 aromatic carbocycles. The van der Waals surface area contributed by atoms with Gasteiger partial charge < -0.3 is 5.32 Å². The van der Waals surface area contributed by atoms with Crippen molar-refractivity contribution in [3.05, 3.63) is 47.2 Å². The predicted octanol–water partition coefficient (Wildman–Crippen LogP) is 3.53. The molecule has 1 N–H and O–H groups in total. The lowest BCUT2D eigenvalue weighted by Crippen LogP contribution is -2.15. The van der Waals surface area contributed by atoms with E-state index in [0.717, 1.165) is 27.2 Å². The highest BCUT2D eigenvalue weighted by atomic mass is 35.5. The van der Waals surface area contributed by atoms with Crippen molar-refractivity contribution in [2.24, 2.45) is 0 Å². The third kappa shape index (κ3) is 3.69. The molecule has 0 radical (unpaired) electrons. The maximum absolute atomic E-state index is 6.31. The summed E-state index contributed by atoms with van der Waals surface area (Å²) in [6, 6.07) is 8.62. The molecule has 0 bridgehead atoms. The first-order valence-corrected chi connectivity index (χ1v) is 7.47. The van der Waals surface area contributed by atoms with Crippen molar-refractivity contribution in [2.45, 2.75) is 35.5 Å². The summed E-state index contributed by atoms with van der Waals surface area (Å²) < 4.78 is 0. The molecule has 0 atom stereocenters. The Morgan fingerprint density at radius 3 is 2.74 bits per heavy atom. The van der Waals surface area contributed by atoms with Crippen molar-refractivity contribution in [1.82, 2.24) is 15.3 Å². The zero-order chi connectivity index (χ0) is 13.1. The summed E-state index contributed by atoms with van der Waals surface area (Å²) in [5, 5.41) is 5.01. The van der Waals surface area contributed by atoms with Gasteiger partial charge in [0, 0.05) is 34.9 Å². The molecule has 3 nitrogen and oxygen atoms in total. The molecule has 5 heteroatoms. The van der Waals surface area contributed by atoms with Gasteiger partial charge in [0.2, 0.25) is 0 Å². The first-order chi connectivity index (χ1) is 9.31. The third-order valence-corrected chi connectivity index (χ3v) is 4.17. The second-order valence-corrected chi connectivity index (χ2v) is 5.99. The number of halogens is 1. The van der Waals surface area contributed by atoms with Gasteiger partial charge in [0.25, 0.3) is 0 Å². The largest absolute Gasteiger partial charge is 0.310 e. The first kappa shape index (κ1) is 12.9. The van der Waals surface area contributed by atoms with Gasteiger partial charge in [-0.15, -0.1) is 0 Å². The average molecular weight is 292 g/mol. The number of hydrogen-bond acceptors (Lipinski definition) is 4. The second-order valence-electron chi connectivity index (χ2n) is 4.54. The van der Waals surface area contributed by atoms with Gasteiger partial charge in [-0.25, -0.2) is 9.97 Å². The molecule has 1 aliphatic rings. The van der Waals surface area contributed by atoms with E-state index in [9.17, 15) is 0 Å². The topological polar surface area (TPSA) is 37.8 Å². The Kier molecular flexibility index (Phi) is 4.01. The molecule has 0 amide bonds. The van der Waals surface area contributed by atoms with E-state index >= 15 is 0 Å². The lowest BCUT2D eigenvalue weighted by atomic mass is 10.2. The summed E-state index contributed by atoms with van der Waals surface area (Å²) in [6.45, 7) is 0.844. The van der Waals surface area contributed by atoms with Crippen LogP contribution in [0.1, 0.15) is 18.4 Å². The van der Waals surface area contributed by atoms with Gasteiger partial charge in [0.05, 0.1) is 0 Å². The molecule has 1 heterocycles. The van der Waals surface area contributed by atoms with Crippen molar-refractivity contribution >= 4 is 23.4 Å². The van der Waals surface area contributed by atoms with Gasteiger partial charge >= 0.3 is 0 Å². The zero-order valence-electron chi connectivity index (χ0n) is 10.3. The van der Waals surface area contributed by atoms with E-state index in [1.165, 1.54) is 24.6 Å². The minimum absolute atomic E-state index is 0.697. The maximum atomic E-state index is 6.31. The maximum Gasteiger partial charge on any atom is 0.192 e. The molecule has 2 aromatic rings. The van der Waals surface area contributed by atoms with E-state index in [4.69, 9.17) is 11.6 Å². The van der Waals surface area contributed by atoms with Crippen LogP contribution in [0.15, 0.2) is 46.7 Å². The molecule has 19 heavy (non-hydrogen) atoms.